The molecule has 0 radical (unpaired) electrons. The molecule has 0 aliphatic rings. The summed E-state index contributed by atoms with van der Waals surface area (Å²) in [5, 5.41) is 11.4. The number of carbonyl (C=O) groups excluding carboxylic acids is 1. The van der Waals surface area contributed by atoms with E-state index in [9.17, 15) is 4.79 Å². The summed E-state index contributed by atoms with van der Waals surface area (Å²) >= 11 is 0. The van der Waals surface area contributed by atoms with Gasteiger partial charge in [-0.1, -0.05) is 5.16 Å². The quantitative estimate of drug-likeness (QED) is 0.352. The highest BCUT2D eigenvalue weighted by molar-refractivity contribution is 5.97. The average Bonchev–Trinajstić information content (AvgIpc) is 2.43. The highest BCUT2D eigenvalue weighted by atomic mass is 16.5. The summed E-state index contributed by atoms with van der Waals surface area (Å²) in [6, 6.07) is 6.78. The van der Waals surface area contributed by atoms with Gasteiger partial charge in [0.2, 0.25) is 0 Å². The Labute approximate surface area is 106 Å². The maximum absolute atomic E-state index is 12.1. The number of amides is 1. The zero-order valence-corrected chi connectivity index (χ0v) is 10.5. The summed E-state index contributed by atoms with van der Waals surface area (Å²) in [6.45, 7) is 2.39. The van der Waals surface area contributed by atoms with Crippen molar-refractivity contribution in [1.29, 1.82) is 0 Å². The fraction of sp³-hybridized carbons (Fsp3) is 0.333. The number of hydrogen-bond acceptors (Lipinski definition) is 4. The van der Waals surface area contributed by atoms with Gasteiger partial charge in [0.1, 0.15) is 5.75 Å². The van der Waals surface area contributed by atoms with Crippen LogP contribution in [-0.2, 0) is 0 Å². The largest absolute Gasteiger partial charge is 0.497 e. The molecule has 98 valence electrons. The second kappa shape index (κ2) is 6.48. The van der Waals surface area contributed by atoms with Crippen LogP contribution in [0.3, 0.4) is 0 Å². The minimum Gasteiger partial charge on any atom is -0.497 e. The number of benzene rings is 1. The van der Waals surface area contributed by atoms with Crippen LogP contribution in [0.15, 0.2) is 29.4 Å². The van der Waals surface area contributed by atoms with Crippen molar-refractivity contribution in [2.75, 3.05) is 20.2 Å². The Morgan fingerprint density at radius 1 is 1.44 bits per heavy atom. The van der Waals surface area contributed by atoms with Crippen molar-refractivity contribution in [3.05, 3.63) is 29.8 Å². The van der Waals surface area contributed by atoms with Crippen LogP contribution in [0, 0.1) is 0 Å². The molecule has 18 heavy (non-hydrogen) atoms. The molecule has 0 saturated heterocycles. The molecule has 0 fully saturated rings. The van der Waals surface area contributed by atoms with Crippen molar-refractivity contribution in [3.63, 3.8) is 0 Å². The molecule has 3 N–H and O–H groups in total. The third-order valence-electron chi connectivity index (χ3n) is 2.49. The Bertz CT molecular complexity index is 429. The van der Waals surface area contributed by atoms with Gasteiger partial charge < -0.3 is 20.6 Å². The van der Waals surface area contributed by atoms with E-state index in [2.05, 4.69) is 5.16 Å². The molecule has 6 nitrogen and oxygen atoms in total. The van der Waals surface area contributed by atoms with E-state index in [1.54, 1.807) is 31.4 Å². The van der Waals surface area contributed by atoms with Gasteiger partial charge in [0, 0.05) is 12.1 Å². The average molecular weight is 251 g/mol. The molecule has 0 aromatic heterocycles. The summed E-state index contributed by atoms with van der Waals surface area (Å²) in [5.41, 5.74) is 5.93. The number of methoxy groups -OCH3 is 1. The van der Waals surface area contributed by atoms with Crippen LogP contribution in [0.5, 0.6) is 5.75 Å². The first kappa shape index (κ1) is 13.8. The molecule has 0 aliphatic carbocycles. The summed E-state index contributed by atoms with van der Waals surface area (Å²) < 4.78 is 5.02. The maximum Gasteiger partial charge on any atom is 0.254 e. The van der Waals surface area contributed by atoms with Crippen molar-refractivity contribution >= 4 is 11.7 Å². The lowest BCUT2D eigenvalue weighted by atomic mass is 10.2. The van der Waals surface area contributed by atoms with Gasteiger partial charge in [-0.05, 0) is 31.2 Å². The van der Waals surface area contributed by atoms with Gasteiger partial charge in [0.25, 0.3) is 5.91 Å². The zero-order chi connectivity index (χ0) is 13.5. The molecule has 0 unspecified atom stereocenters. The third kappa shape index (κ3) is 3.38. The van der Waals surface area contributed by atoms with Crippen LogP contribution in [0.2, 0.25) is 0 Å². The number of amidine groups is 1. The monoisotopic (exact) mass is 251 g/mol. The third-order valence-corrected chi connectivity index (χ3v) is 2.49. The second-order valence-corrected chi connectivity index (χ2v) is 3.64. The number of ether oxygens (including phenoxy) is 1. The Morgan fingerprint density at radius 3 is 2.50 bits per heavy atom. The second-order valence-electron chi connectivity index (χ2n) is 3.64. The van der Waals surface area contributed by atoms with Gasteiger partial charge in [-0.15, -0.1) is 0 Å². The van der Waals surface area contributed by atoms with Gasteiger partial charge in [-0.25, -0.2) is 0 Å². The van der Waals surface area contributed by atoms with Crippen molar-refractivity contribution in [3.8, 4) is 5.75 Å². The molecule has 0 spiro atoms. The fourth-order valence-electron chi connectivity index (χ4n) is 1.47. The number of carbonyl (C=O) groups is 1. The van der Waals surface area contributed by atoms with Crippen molar-refractivity contribution < 1.29 is 14.7 Å². The molecule has 0 atom stereocenters. The van der Waals surface area contributed by atoms with E-state index in [4.69, 9.17) is 15.7 Å². The number of oxime groups is 1. The van der Waals surface area contributed by atoms with Gasteiger partial charge >= 0.3 is 0 Å². The molecule has 0 saturated carbocycles. The minimum absolute atomic E-state index is 0.00119. The fourth-order valence-corrected chi connectivity index (χ4v) is 1.47. The van der Waals surface area contributed by atoms with E-state index < -0.39 is 0 Å². The summed E-state index contributed by atoms with van der Waals surface area (Å²) in [7, 11) is 1.56. The predicted molar refractivity (Wildman–Crippen MR) is 68.0 cm³/mol. The van der Waals surface area contributed by atoms with E-state index in [0.717, 1.165) is 0 Å². The van der Waals surface area contributed by atoms with Gasteiger partial charge in [0.15, 0.2) is 5.84 Å². The normalized spacial score (nSPS) is 11.1. The van der Waals surface area contributed by atoms with E-state index in [1.165, 1.54) is 4.90 Å². The lowest BCUT2D eigenvalue weighted by molar-refractivity contribution is 0.0786. The lowest BCUT2D eigenvalue weighted by Crippen LogP contribution is -2.38. The molecular weight excluding hydrogens is 234 g/mol. The van der Waals surface area contributed by atoms with Crippen molar-refractivity contribution in [2.24, 2.45) is 10.9 Å². The molecule has 6 heteroatoms. The standard InChI is InChI=1S/C12H17N3O3/c1-3-15(8-11(13)14-17)12(16)9-4-6-10(18-2)7-5-9/h4-7,17H,3,8H2,1-2H3,(H2,13,14). The molecule has 1 amide bonds. The Kier molecular flexibility index (Phi) is 4.98. The Balaban J connectivity index is 2.82. The molecule has 1 rings (SSSR count). The molecule has 0 bridgehead atoms. The highest BCUT2D eigenvalue weighted by Gasteiger charge is 2.15. The van der Waals surface area contributed by atoms with Crippen LogP contribution < -0.4 is 10.5 Å². The van der Waals surface area contributed by atoms with Crippen LogP contribution in [0.25, 0.3) is 0 Å². The summed E-state index contributed by atoms with van der Waals surface area (Å²) in [5.74, 6) is 0.511. The van der Waals surface area contributed by atoms with Gasteiger partial charge in [-0.2, -0.15) is 0 Å². The molecule has 1 aromatic carbocycles. The molecular formula is C12H17N3O3. The van der Waals surface area contributed by atoms with Crippen molar-refractivity contribution in [2.45, 2.75) is 6.92 Å². The first-order valence-electron chi connectivity index (χ1n) is 5.52. The predicted octanol–water partition coefficient (Wildman–Crippen LogP) is 0.904. The smallest absolute Gasteiger partial charge is 0.254 e. The van der Waals surface area contributed by atoms with Crippen LogP contribution >= 0.6 is 0 Å². The number of nitrogens with zero attached hydrogens (tertiary/aromatic N) is 2. The Hall–Kier alpha value is -2.24. The highest BCUT2D eigenvalue weighted by Crippen LogP contribution is 2.13. The molecule has 0 heterocycles. The number of likely N-dealkylation sites (N-methyl/N-ethyl adjacent to an activating group) is 1. The first-order chi connectivity index (χ1) is 8.62. The van der Waals surface area contributed by atoms with Gasteiger partial charge in [0.05, 0.1) is 13.7 Å². The topological polar surface area (TPSA) is 88.1 Å². The van der Waals surface area contributed by atoms with Gasteiger partial charge in [-0.3, -0.25) is 4.79 Å². The molecule has 0 aliphatic heterocycles. The SMILES string of the molecule is CCN(CC(N)=NO)C(=O)c1ccc(OC)cc1. The van der Waals surface area contributed by atoms with Crippen molar-refractivity contribution in [1.82, 2.24) is 4.90 Å². The van der Waals surface area contributed by atoms with Crippen LogP contribution in [0.1, 0.15) is 17.3 Å². The van der Waals surface area contributed by atoms with E-state index in [0.29, 0.717) is 17.9 Å². The minimum atomic E-state index is -0.174. The van der Waals surface area contributed by atoms with Crippen LogP contribution in [-0.4, -0.2) is 42.0 Å². The number of rotatable bonds is 5. The summed E-state index contributed by atoms with van der Waals surface area (Å²) in [6.07, 6.45) is 0. The first-order valence-corrected chi connectivity index (χ1v) is 5.52. The lowest BCUT2D eigenvalue weighted by Gasteiger charge is -2.20. The summed E-state index contributed by atoms with van der Waals surface area (Å²) in [4.78, 5) is 13.6. The number of hydrogen-bond donors (Lipinski definition) is 2. The molecule has 1 aromatic rings. The van der Waals surface area contributed by atoms with E-state index in [-0.39, 0.29) is 18.3 Å². The maximum atomic E-state index is 12.1. The van der Waals surface area contributed by atoms with E-state index in [1.807, 2.05) is 6.92 Å². The van der Waals surface area contributed by atoms with E-state index >= 15 is 0 Å². The van der Waals surface area contributed by atoms with Crippen LogP contribution in [0.4, 0.5) is 0 Å². The zero-order valence-electron chi connectivity index (χ0n) is 10.5. The number of nitrogens with two attached hydrogens (primary N) is 1. The Morgan fingerprint density at radius 2 is 2.06 bits per heavy atom.